The number of benzene rings is 1. The van der Waals surface area contributed by atoms with Gasteiger partial charge < -0.3 is 9.72 Å². The summed E-state index contributed by atoms with van der Waals surface area (Å²) in [6, 6.07) is 6.03. The molecule has 110 valence electrons. The van der Waals surface area contributed by atoms with Crippen molar-refractivity contribution in [2.24, 2.45) is 0 Å². The van der Waals surface area contributed by atoms with Crippen molar-refractivity contribution in [1.82, 2.24) is 4.98 Å². The van der Waals surface area contributed by atoms with Crippen molar-refractivity contribution in [3.05, 3.63) is 35.0 Å². The highest BCUT2D eigenvalue weighted by atomic mass is 79.9. The smallest absolute Gasteiger partial charge is 0.293 e. The Bertz CT molecular complexity index is 560. The number of fused-ring (bicyclic) bond motifs is 1. The number of alkyl halides is 1. The maximum atomic E-state index is 9.60. The second-order valence-electron chi connectivity index (χ2n) is 5.27. The van der Waals surface area contributed by atoms with Crippen LogP contribution in [0.4, 0.5) is 0 Å². The highest BCUT2D eigenvalue weighted by molar-refractivity contribution is 9.09. The van der Waals surface area contributed by atoms with Gasteiger partial charge in [-0.15, -0.1) is 0 Å². The summed E-state index contributed by atoms with van der Waals surface area (Å²) in [7, 11) is 0. The maximum absolute atomic E-state index is 9.60. The SMILES string of the molecule is CC(C)(C)OC=O.Clc1cc(CCBr)c2[nH]ccc2c1. The molecule has 2 aromatic rings. The molecule has 0 spiro atoms. The van der Waals surface area contributed by atoms with E-state index in [0.29, 0.717) is 6.47 Å². The minimum absolute atomic E-state index is 0.318. The topological polar surface area (TPSA) is 42.1 Å². The van der Waals surface area contributed by atoms with E-state index in [1.165, 1.54) is 16.5 Å². The number of hydrogen-bond acceptors (Lipinski definition) is 2. The highest BCUT2D eigenvalue weighted by Crippen LogP contribution is 2.23. The van der Waals surface area contributed by atoms with Crippen molar-refractivity contribution in [1.29, 1.82) is 0 Å². The van der Waals surface area contributed by atoms with Gasteiger partial charge in [-0.05, 0) is 51.0 Å². The Balaban J connectivity index is 0.000000246. The Labute approximate surface area is 132 Å². The normalized spacial score (nSPS) is 10.8. The fourth-order valence-corrected chi connectivity index (χ4v) is 2.33. The fraction of sp³-hybridized carbons (Fsp3) is 0.400. The molecule has 3 nitrogen and oxygen atoms in total. The van der Waals surface area contributed by atoms with Crippen molar-refractivity contribution in [3.8, 4) is 0 Å². The van der Waals surface area contributed by atoms with Crippen LogP contribution in [-0.4, -0.2) is 22.4 Å². The summed E-state index contributed by atoms with van der Waals surface area (Å²) < 4.78 is 4.55. The van der Waals surface area contributed by atoms with Crippen LogP contribution in [0.5, 0.6) is 0 Å². The van der Waals surface area contributed by atoms with Gasteiger partial charge in [-0.3, -0.25) is 4.79 Å². The Kier molecular flexibility index (Phi) is 6.56. The molecular weight excluding hydrogens is 342 g/mol. The number of carbonyl (C=O) groups excluding carboxylic acids is 1. The zero-order chi connectivity index (χ0) is 15.2. The minimum atomic E-state index is -0.318. The first kappa shape index (κ1) is 17.1. The first-order valence-corrected chi connectivity index (χ1v) is 7.80. The Hall–Kier alpha value is -1.00. The standard InChI is InChI=1S/C10H9BrClN.C5H10O2/c11-3-1-7-5-9(12)6-8-2-4-13-10(7)8;1-5(2,3)7-4-6/h2,4-6,13H,1,3H2;4H,1-3H3. The maximum Gasteiger partial charge on any atom is 0.293 e. The number of carbonyl (C=O) groups is 1. The van der Waals surface area contributed by atoms with Crippen LogP contribution in [0.3, 0.4) is 0 Å². The van der Waals surface area contributed by atoms with E-state index in [4.69, 9.17) is 11.6 Å². The molecule has 0 radical (unpaired) electrons. The van der Waals surface area contributed by atoms with Crippen molar-refractivity contribution >= 4 is 44.9 Å². The molecule has 5 heteroatoms. The lowest BCUT2D eigenvalue weighted by atomic mass is 10.1. The second-order valence-corrected chi connectivity index (χ2v) is 6.50. The average molecular weight is 361 g/mol. The van der Waals surface area contributed by atoms with Crippen molar-refractivity contribution in [2.75, 3.05) is 5.33 Å². The molecule has 20 heavy (non-hydrogen) atoms. The molecule has 0 fully saturated rings. The summed E-state index contributed by atoms with van der Waals surface area (Å²) >= 11 is 9.41. The minimum Gasteiger partial charge on any atom is -0.462 e. The van der Waals surface area contributed by atoms with Gasteiger partial charge in [0.15, 0.2) is 0 Å². The molecule has 1 aromatic heterocycles. The van der Waals surface area contributed by atoms with Crippen LogP contribution in [0.15, 0.2) is 24.4 Å². The number of ether oxygens (including phenoxy) is 1. The molecule has 0 saturated carbocycles. The molecule has 1 N–H and O–H groups in total. The number of H-pyrrole nitrogens is 1. The summed E-state index contributed by atoms with van der Waals surface area (Å²) in [6.45, 7) is 5.92. The number of rotatable bonds is 3. The summed E-state index contributed by atoms with van der Waals surface area (Å²) in [5, 5.41) is 2.95. The number of aromatic nitrogens is 1. The summed E-state index contributed by atoms with van der Waals surface area (Å²) in [6.07, 6.45) is 2.94. The summed E-state index contributed by atoms with van der Waals surface area (Å²) in [5.74, 6) is 0. The third kappa shape index (κ3) is 5.55. The van der Waals surface area contributed by atoms with E-state index in [2.05, 4.69) is 25.7 Å². The number of halogens is 2. The van der Waals surface area contributed by atoms with Gasteiger partial charge in [-0.2, -0.15) is 0 Å². The lowest BCUT2D eigenvalue weighted by Gasteiger charge is -2.14. The molecule has 0 saturated heterocycles. The van der Waals surface area contributed by atoms with Gasteiger partial charge in [0.25, 0.3) is 6.47 Å². The molecule has 0 aliphatic carbocycles. The number of aryl methyl sites for hydroxylation is 1. The average Bonchev–Trinajstić information content (AvgIpc) is 2.76. The monoisotopic (exact) mass is 359 g/mol. The first-order valence-electron chi connectivity index (χ1n) is 6.30. The van der Waals surface area contributed by atoms with Gasteiger partial charge in [-0.1, -0.05) is 27.5 Å². The summed E-state index contributed by atoms with van der Waals surface area (Å²) in [4.78, 5) is 12.8. The third-order valence-electron chi connectivity index (χ3n) is 2.47. The molecule has 0 aliphatic rings. The molecule has 1 aromatic carbocycles. The van der Waals surface area contributed by atoms with Gasteiger partial charge in [0, 0.05) is 27.5 Å². The molecule has 0 amide bonds. The molecule has 0 bridgehead atoms. The quantitative estimate of drug-likeness (QED) is 0.636. The van der Waals surface area contributed by atoms with E-state index < -0.39 is 0 Å². The van der Waals surface area contributed by atoms with Crippen LogP contribution in [0, 0.1) is 0 Å². The van der Waals surface area contributed by atoms with E-state index in [1.807, 2.05) is 45.2 Å². The number of hydrogen-bond donors (Lipinski definition) is 1. The molecule has 0 unspecified atom stereocenters. The van der Waals surface area contributed by atoms with Crippen LogP contribution in [0.1, 0.15) is 26.3 Å². The van der Waals surface area contributed by atoms with E-state index >= 15 is 0 Å². The molecular formula is C15H19BrClNO2. The summed E-state index contributed by atoms with van der Waals surface area (Å²) in [5.41, 5.74) is 2.15. The van der Waals surface area contributed by atoms with Gasteiger partial charge in [0.1, 0.15) is 5.60 Å². The van der Waals surface area contributed by atoms with Crippen molar-refractivity contribution < 1.29 is 9.53 Å². The van der Waals surface area contributed by atoms with E-state index in [9.17, 15) is 4.79 Å². The Morgan fingerprint density at radius 1 is 1.40 bits per heavy atom. The van der Waals surface area contributed by atoms with Gasteiger partial charge in [0.2, 0.25) is 0 Å². The van der Waals surface area contributed by atoms with Crippen LogP contribution in [0.25, 0.3) is 10.9 Å². The van der Waals surface area contributed by atoms with E-state index in [-0.39, 0.29) is 5.60 Å². The van der Waals surface area contributed by atoms with Crippen LogP contribution >= 0.6 is 27.5 Å². The lowest BCUT2D eigenvalue weighted by molar-refractivity contribution is -0.138. The van der Waals surface area contributed by atoms with Gasteiger partial charge in [0.05, 0.1) is 0 Å². The molecule has 0 atom stereocenters. The largest absolute Gasteiger partial charge is 0.462 e. The third-order valence-corrected chi connectivity index (χ3v) is 3.09. The van der Waals surface area contributed by atoms with E-state index in [0.717, 1.165) is 16.8 Å². The Morgan fingerprint density at radius 2 is 2.10 bits per heavy atom. The first-order chi connectivity index (χ1) is 9.37. The zero-order valence-electron chi connectivity index (χ0n) is 11.9. The predicted molar refractivity (Wildman–Crippen MR) is 87.7 cm³/mol. The molecule has 0 aliphatic heterocycles. The van der Waals surface area contributed by atoms with Crippen LogP contribution < -0.4 is 0 Å². The van der Waals surface area contributed by atoms with Gasteiger partial charge in [-0.25, -0.2) is 0 Å². The van der Waals surface area contributed by atoms with Crippen molar-refractivity contribution in [3.63, 3.8) is 0 Å². The predicted octanol–water partition coefficient (Wildman–Crippen LogP) is 4.72. The second kappa shape index (κ2) is 7.70. The van der Waals surface area contributed by atoms with Gasteiger partial charge >= 0.3 is 0 Å². The van der Waals surface area contributed by atoms with Crippen molar-refractivity contribution in [2.45, 2.75) is 32.8 Å². The van der Waals surface area contributed by atoms with E-state index in [1.54, 1.807) is 0 Å². The Morgan fingerprint density at radius 3 is 2.60 bits per heavy atom. The van der Waals surface area contributed by atoms with Crippen LogP contribution in [-0.2, 0) is 16.0 Å². The molecule has 1 heterocycles. The number of aromatic amines is 1. The fourth-order valence-electron chi connectivity index (χ4n) is 1.65. The molecule has 2 rings (SSSR count). The zero-order valence-corrected chi connectivity index (χ0v) is 14.2. The lowest BCUT2D eigenvalue weighted by Crippen LogP contribution is -2.17. The number of nitrogens with one attached hydrogen (secondary N) is 1. The highest BCUT2D eigenvalue weighted by Gasteiger charge is 2.07. The van der Waals surface area contributed by atoms with Crippen LogP contribution in [0.2, 0.25) is 5.02 Å².